The Morgan fingerprint density at radius 2 is 1.49 bits per heavy atom. The van der Waals surface area contributed by atoms with Gasteiger partial charge in [-0.1, -0.05) is 48.0 Å². The molecule has 0 saturated heterocycles. The molecule has 0 aromatic heterocycles. The van der Waals surface area contributed by atoms with Crippen LogP contribution in [0.25, 0.3) is 0 Å². The molecule has 0 radical (unpaired) electrons. The maximum absolute atomic E-state index is 12.5. The molecule has 0 aliphatic rings. The topological polar surface area (TPSA) is 49.7 Å². The summed E-state index contributed by atoms with van der Waals surface area (Å²) in [4.78, 5) is 15.0. The molecule has 204 valence electrons. The number of aliphatic hydroxyl groups is 1. The molecule has 1 rings (SSSR count). The Kier molecular flexibility index (Phi) is 16.1. The molecule has 1 atom stereocenters. The zero-order valence-electron chi connectivity index (χ0n) is 22.1. The van der Waals surface area contributed by atoms with Crippen LogP contribution in [0.4, 0.5) is 32.0 Å². The van der Waals surface area contributed by atoms with Gasteiger partial charge in [0.15, 0.2) is 6.10 Å². The summed E-state index contributed by atoms with van der Waals surface area (Å²) >= 11 is 0. The van der Waals surface area contributed by atoms with Gasteiger partial charge >= 0.3 is 12.4 Å². The number of halogens is 6. The second-order valence-electron chi connectivity index (χ2n) is 10.00. The first-order valence-electron chi connectivity index (χ1n) is 11.7. The summed E-state index contributed by atoms with van der Waals surface area (Å²) in [5.74, 6) is -0.553. The van der Waals surface area contributed by atoms with Crippen molar-refractivity contribution in [2.45, 2.75) is 112 Å². The van der Waals surface area contributed by atoms with Crippen LogP contribution in [0, 0.1) is 12.3 Å². The first-order valence-corrected chi connectivity index (χ1v) is 11.7. The zero-order chi connectivity index (χ0) is 28.0. The van der Waals surface area contributed by atoms with Crippen molar-refractivity contribution in [3.05, 3.63) is 29.3 Å². The highest BCUT2D eigenvalue weighted by Gasteiger charge is 2.39. The average molecular weight is 514 g/mol. The third-order valence-corrected chi connectivity index (χ3v) is 4.06. The number of hydrogen-bond donors (Lipinski definition) is 1. The maximum atomic E-state index is 12.5. The molecule has 0 aliphatic carbocycles. The van der Waals surface area contributed by atoms with Gasteiger partial charge in [-0.15, -0.1) is 0 Å². The number of Topliss-reactive ketones (excluding diaryl/α,β-unsaturated/α-hetero) is 1. The molecular weight excluding hydrogens is 472 g/mol. The number of ketones is 1. The zero-order valence-corrected chi connectivity index (χ0v) is 22.1. The van der Waals surface area contributed by atoms with Crippen molar-refractivity contribution in [2.75, 3.05) is 0 Å². The number of carbonyl (C=O) groups is 1. The van der Waals surface area contributed by atoms with E-state index in [0.29, 0.717) is 23.1 Å². The SMILES string of the molecule is CC(C)(C)C.CCCC(=O)CC(O)C(F)(F)F.CCCCC(C)=Nc1ccc(C(F)(F)F)cc1C. The monoisotopic (exact) mass is 513 g/mol. The van der Waals surface area contributed by atoms with Gasteiger partial charge in [-0.25, -0.2) is 0 Å². The molecule has 0 spiro atoms. The Labute approximate surface area is 206 Å². The van der Waals surface area contributed by atoms with Crippen LogP contribution in [-0.2, 0) is 11.0 Å². The van der Waals surface area contributed by atoms with Gasteiger partial charge in [0.05, 0.1) is 11.3 Å². The molecule has 1 unspecified atom stereocenters. The second-order valence-corrected chi connectivity index (χ2v) is 10.00. The van der Waals surface area contributed by atoms with E-state index in [-0.39, 0.29) is 6.42 Å². The van der Waals surface area contributed by atoms with Gasteiger partial charge in [-0.05, 0) is 62.3 Å². The predicted octanol–water partition coefficient (Wildman–Crippen LogP) is 9.02. The molecule has 0 saturated carbocycles. The van der Waals surface area contributed by atoms with E-state index < -0.39 is 36.2 Å². The third kappa shape index (κ3) is 20.0. The fourth-order valence-electron chi connectivity index (χ4n) is 2.36. The van der Waals surface area contributed by atoms with E-state index in [4.69, 9.17) is 5.11 Å². The van der Waals surface area contributed by atoms with E-state index in [0.717, 1.165) is 37.1 Å². The Hall–Kier alpha value is -1.90. The minimum absolute atomic E-state index is 0.0904. The summed E-state index contributed by atoms with van der Waals surface area (Å²) in [5.41, 5.74) is 2.02. The Bertz CT molecular complexity index is 772. The molecule has 1 N–H and O–H groups in total. The fraction of sp³-hybridized carbons (Fsp3) is 0.692. The standard InChI is InChI=1S/C14H18F3N.C7H11F3O2.C5H12/c1-4-5-6-11(3)18-13-8-7-12(9-10(13)2)14(15,16)17;1-2-3-5(11)4-6(12)7(8,9)10;1-5(2,3)4/h7-9H,4-6H2,1-3H3;6,12H,2-4H2,1H3;1-4H3. The average Bonchev–Trinajstić information content (AvgIpc) is 2.65. The molecule has 35 heavy (non-hydrogen) atoms. The van der Waals surface area contributed by atoms with Gasteiger partial charge in [-0.2, -0.15) is 26.3 Å². The van der Waals surface area contributed by atoms with Crippen molar-refractivity contribution in [3.63, 3.8) is 0 Å². The maximum Gasteiger partial charge on any atom is 0.416 e. The summed E-state index contributed by atoms with van der Waals surface area (Å²) in [6, 6.07) is 3.67. The Morgan fingerprint density at radius 3 is 1.86 bits per heavy atom. The lowest BCUT2D eigenvalue weighted by atomic mass is 10.0. The van der Waals surface area contributed by atoms with E-state index in [1.54, 1.807) is 13.8 Å². The van der Waals surface area contributed by atoms with Crippen molar-refractivity contribution in [2.24, 2.45) is 10.4 Å². The van der Waals surface area contributed by atoms with Crippen molar-refractivity contribution >= 4 is 17.2 Å². The second kappa shape index (κ2) is 16.0. The van der Waals surface area contributed by atoms with E-state index in [1.165, 1.54) is 6.07 Å². The van der Waals surface area contributed by atoms with Crippen LogP contribution < -0.4 is 0 Å². The fourth-order valence-corrected chi connectivity index (χ4v) is 2.36. The first kappa shape index (κ1) is 35.3. The number of alkyl halides is 6. The van der Waals surface area contributed by atoms with Crippen molar-refractivity contribution in [1.29, 1.82) is 0 Å². The van der Waals surface area contributed by atoms with E-state index in [9.17, 15) is 31.1 Å². The summed E-state index contributed by atoms with van der Waals surface area (Å²) < 4.78 is 72.4. The van der Waals surface area contributed by atoms with E-state index in [1.807, 2.05) is 6.92 Å². The number of aliphatic imine (C=N–C) groups is 1. The van der Waals surface area contributed by atoms with Gasteiger partial charge in [-0.3, -0.25) is 9.79 Å². The highest BCUT2D eigenvalue weighted by atomic mass is 19.4. The number of aliphatic hydroxyl groups excluding tert-OH is 1. The van der Waals surface area contributed by atoms with Crippen LogP contribution in [0.1, 0.15) is 98.1 Å². The molecule has 0 aliphatic heterocycles. The number of aryl methyl sites for hydroxylation is 1. The quantitative estimate of drug-likeness (QED) is 0.278. The number of benzene rings is 1. The first-order chi connectivity index (χ1) is 15.7. The van der Waals surface area contributed by atoms with Gasteiger partial charge in [0, 0.05) is 18.6 Å². The molecular formula is C26H41F6NO2. The highest BCUT2D eigenvalue weighted by molar-refractivity contribution is 5.84. The largest absolute Gasteiger partial charge is 0.416 e. The number of nitrogens with zero attached hydrogens (tertiary/aromatic N) is 1. The smallest absolute Gasteiger partial charge is 0.383 e. The summed E-state index contributed by atoms with van der Waals surface area (Å²) in [6.07, 6.45) is -8.68. The van der Waals surface area contributed by atoms with Gasteiger partial charge < -0.3 is 5.11 Å². The Morgan fingerprint density at radius 1 is 0.971 bits per heavy atom. The predicted molar refractivity (Wildman–Crippen MR) is 130 cm³/mol. The van der Waals surface area contributed by atoms with Crippen molar-refractivity contribution < 1.29 is 36.2 Å². The van der Waals surface area contributed by atoms with Crippen LogP contribution in [0.2, 0.25) is 0 Å². The molecule has 0 fully saturated rings. The van der Waals surface area contributed by atoms with Crippen LogP contribution >= 0.6 is 0 Å². The highest BCUT2D eigenvalue weighted by Crippen LogP contribution is 2.32. The van der Waals surface area contributed by atoms with Gasteiger partial charge in [0.1, 0.15) is 5.78 Å². The number of hydrogen-bond acceptors (Lipinski definition) is 3. The van der Waals surface area contributed by atoms with Gasteiger partial charge in [0.25, 0.3) is 0 Å². The van der Waals surface area contributed by atoms with Crippen LogP contribution in [0.3, 0.4) is 0 Å². The summed E-state index contributed by atoms with van der Waals surface area (Å²) in [7, 11) is 0. The molecule has 0 amide bonds. The number of carbonyl (C=O) groups excluding carboxylic acids is 1. The van der Waals surface area contributed by atoms with Crippen LogP contribution in [0.15, 0.2) is 23.2 Å². The van der Waals surface area contributed by atoms with Crippen molar-refractivity contribution in [3.8, 4) is 0 Å². The third-order valence-electron chi connectivity index (χ3n) is 4.06. The summed E-state index contributed by atoms with van der Waals surface area (Å²) in [5, 5.41) is 8.44. The molecule has 9 heteroatoms. The lowest BCUT2D eigenvalue weighted by Gasteiger charge is -2.12. The molecule has 3 nitrogen and oxygen atoms in total. The Balaban J connectivity index is 0. The number of unbranched alkanes of at least 4 members (excludes halogenated alkanes) is 1. The minimum Gasteiger partial charge on any atom is -0.383 e. The van der Waals surface area contributed by atoms with Crippen LogP contribution in [-0.4, -0.2) is 28.9 Å². The minimum atomic E-state index is -4.68. The number of rotatable bonds is 8. The van der Waals surface area contributed by atoms with E-state index in [2.05, 4.69) is 39.6 Å². The molecule has 0 bridgehead atoms. The molecule has 1 aromatic rings. The van der Waals surface area contributed by atoms with Crippen LogP contribution in [0.5, 0.6) is 0 Å². The van der Waals surface area contributed by atoms with Crippen molar-refractivity contribution in [1.82, 2.24) is 0 Å². The summed E-state index contributed by atoms with van der Waals surface area (Å²) in [6.45, 7) is 16.1. The normalized spacial score (nSPS) is 13.3. The lowest BCUT2D eigenvalue weighted by Crippen LogP contribution is -2.30. The lowest BCUT2D eigenvalue weighted by molar-refractivity contribution is -0.205. The molecule has 0 heterocycles. The van der Waals surface area contributed by atoms with E-state index >= 15 is 0 Å². The molecule has 1 aromatic carbocycles. The van der Waals surface area contributed by atoms with Gasteiger partial charge in [0.2, 0.25) is 0 Å².